The van der Waals surface area contributed by atoms with Gasteiger partial charge in [-0.15, -0.1) is 0 Å². The Morgan fingerprint density at radius 3 is 2.68 bits per heavy atom. The second-order valence-electron chi connectivity index (χ2n) is 4.68. The fourth-order valence-electron chi connectivity index (χ4n) is 1.73. The van der Waals surface area contributed by atoms with Crippen molar-refractivity contribution in [3.05, 3.63) is 39.9 Å². The van der Waals surface area contributed by atoms with Gasteiger partial charge in [0.15, 0.2) is 0 Å². The fraction of sp³-hybridized carbons (Fsp3) is 0.417. The summed E-state index contributed by atoms with van der Waals surface area (Å²) in [7, 11) is 0. The molecule has 102 valence electrons. The molecule has 1 fully saturated rings. The maximum Gasteiger partial charge on any atom is 0.407 e. The molecule has 1 aromatic carbocycles. The van der Waals surface area contributed by atoms with Crippen molar-refractivity contribution in [3.63, 3.8) is 0 Å². The number of rotatable bonds is 5. The van der Waals surface area contributed by atoms with Crippen LogP contribution in [-0.4, -0.2) is 29.8 Å². The molecule has 0 bridgehead atoms. The van der Waals surface area contributed by atoms with Gasteiger partial charge in [-0.25, -0.2) is 4.79 Å². The molecule has 19 heavy (non-hydrogen) atoms. The number of amides is 1. The first-order chi connectivity index (χ1) is 8.98. The second-order valence-corrected chi connectivity index (χ2v) is 4.68. The summed E-state index contributed by atoms with van der Waals surface area (Å²) in [6, 6.07) is 6.15. The van der Waals surface area contributed by atoms with Crippen LogP contribution in [0.2, 0.25) is 0 Å². The number of nitro groups is 1. The number of non-ortho nitro benzene ring substituents is 1. The van der Waals surface area contributed by atoms with Crippen molar-refractivity contribution >= 4 is 11.8 Å². The Hall–Kier alpha value is -2.15. The summed E-state index contributed by atoms with van der Waals surface area (Å²) in [6.45, 7) is 2.74. The van der Waals surface area contributed by atoms with E-state index in [1.807, 2.05) is 6.92 Å². The van der Waals surface area contributed by atoms with Crippen LogP contribution in [0.25, 0.3) is 0 Å². The lowest BCUT2D eigenvalue weighted by molar-refractivity contribution is -0.384. The number of hydrogen-bond donors (Lipinski definition) is 1. The molecule has 0 unspecified atom stereocenters. The molecular formula is C12H14N2O5. The van der Waals surface area contributed by atoms with Crippen molar-refractivity contribution < 1.29 is 19.2 Å². The van der Waals surface area contributed by atoms with Crippen LogP contribution in [0.15, 0.2) is 24.3 Å². The largest absolute Gasteiger partial charge is 0.447 e. The Balaban J connectivity index is 1.82. The van der Waals surface area contributed by atoms with Crippen LogP contribution in [0.4, 0.5) is 10.5 Å². The average Bonchev–Trinajstić information content (AvgIpc) is 2.70. The predicted octanol–water partition coefficient (Wildman–Crippen LogP) is 1.61. The Morgan fingerprint density at radius 1 is 1.47 bits per heavy atom. The topological polar surface area (TPSA) is 90.7 Å². The van der Waals surface area contributed by atoms with Crippen molar-refractivity contribution in [1.29, 1.82) is 0 Å². The monoisotopic (exact) mass is 266 g/mol. The van der Waals surface area contributed by atoms with Gasteiger partial charge in [-0.3, -0.25) is 10.1 Å². The standard InChI is InChI=1S/C12H14N2O5/c1-12(8-19-11(15)13-12)7-18-6-9-2-4-10(5-3-9)14(16)17/h2-5H,6-8H2,1H3,(H,13,15)/t12-/m1/s1. The highest BCUT2D eigenvalue weighted by Gasteiger charge is 2.35. The maximum absolute atomic E-state index is 10.9. The summed E-state index contributed by atoms with van der Waals surface area (Å²) in [5.41, 5.74) is 0.365. The molecule has 1 aromatic rings. The number of ether oxygens (including phenoxy) is 2. The minimum Gasteiger partial charge on any atom is -0.447 e. The Labute approximate surface area is 109 Å². The molecule has 7 nitrogen and oxygen atoms in total. The molecule has 1 saturated heterocycles. The van der Waals surface area contributed by atoms with Gasteiger partial charge in [0, 0.05) is 12.1 Å². The average molecular weight is 266 g/mol. The highest BCUT2D eigenvalue weighted by Crippen LogP contribution is 2.15. The quantitative estimate of drug-likeness (QED) is 0.645. The van der Waals surface area contributed by atoms with E-state index < -0.39 is 16.6 Å². The van der Waals surface area contributed by atoms with Gasteiger partial charge >= 0.3 is 6.09 Å². The molecule has 1 aliphatic heterocycles. The van der Waals surface area contributed by atoms with Crippen molar-refractivity contribution in [2.24, 2.45) is 0 Å². The SMILES string of the molecule is C[C@@]1(COCc2ccc([N+](=O)[O-])cc2)COC(=O)N1. The number of nitrogens with zero attached hydrogens (tertiary/aromatic N) is 1. The molecule has 1 heterocycles. The highest BCUT2D eigenvalue weighted by atomic mass is 16.6. The lowest BCUT2D eigenvalue weighted by Crippen LogP contribution is -2.44. The third-order valence-electron chi connectivity index (χ3n) is 2.76. The van der Waals surface area contributed by atoms with Gasteiger partial charge in [-0.05, 0) is 24.6 Å². The smallest absolute Gasteiger partial charge is 0.407 e. The summed E-state index contributed by atoms with van der Waals surface area (Å²) in [5, 5.41) is 13.2. The number of benzene rings is 1. The van der Waals surface area contributed by atoms with Gasteiger partial charge in [-0.1, -0.05) is 0 Å². The molecular weight excluding hydrogens is 252 g/mol. The lowest BCUT2D eigenvalue weighted by atomic mass is 10.1. The molecule has 0 spiro atoms. The van der Waals surface area contributed by atoms with Crippen molar-refractivity contribution in [1.82, 2.24) is 5.32 Å². The number of hydrogen-bond acceptors (Lipinski definition) is 5. The van der Waals surface area contributed by atoms with Crippen molar-refractivity contribution in [2.75, 3.05) is 13.2 Å². The summed E-state index contributed by atoms with van der Waals surface area (Å²) < 4.78 is 10.3. The highest BCUT2D eigenvalue weighted by molar-refractivity contribution is 5.70. The molecule has 7 heteroatoms. The third kappa shape index (κ3) is 3.41. The van der Waals surface area contributed by atoms with Gasteiger partial charge in [0.05, 0.1) is 23.7 Å². The summed E-state index contributed by atoms with van der Waals surface area (Å²) >= 11 is 0. The van der Waals surface area contributed by atoms with E-state index in [4.69, 9.17) is 9.47 Å². The van der Waals surface area contributed by atoms with Crippen LogP contribution < -0.4 is 5.32 Å². The van der Waals surface area contributed by atoms with E-state index in [0.29, 0.717) is 13.2 Å². The van der Waals surface area contributed by atoms with Crippen LogP contribution in [0.5, 0.6) is 0 Å². The number of alkyl carbamates (subject to hydrolysis) is 1. The van der Waals surface area contributed by atoms with Crippen LogP contribution in [0, 0.1) is 10.1 Å². The summed E-state index contributed by atoms with van der Waals surface area (Å²) in [4.78, 5) is 21.0. The number of carbonyl (C=O) groups is 1. The molecule has 1 aliphatic rings. The predicted molar refractivity (Wildman–Crippen MR) is 65.6 cm³/mol. The Kier molecular flexibility index (Phi) is 3.66. The van der Waals surface area contributed by atoms with E-state index in [-0.39, 0.29) is 12.3 Å². The van der Waals surface area contributed by atoms with Crippen molar-refractivity contribution in [3.8, 4) is 0 Å². The normalized spacial score (nSPS) is 21.8. The van der Waals surface area contributed by atoms with Gasteiger partial charge < -0.3 is 14.8 Å². The van der Waals surface area contributed by atoms with Crippen molar-refractivity contribution in [2.45, 2.75) is 19.1 Å². The first kappa shape index (κ1) is 13.3. The first-order valence-corrected chi connectivity index (χ1v) is 5.75. The molecule has 0 saturated carbocycles. The van der Waals surface area contributed by atoms with E-state index in [9.17, 15) is 14.9 Å². The molecule has 1 N–H and O–H groups in total. The zero-order valence-corrected chi connectivity index (χ0v) is 10.4. The molecule has 1 amide bonds. The molecule has 2 rings (SSSR count). The number of carbonyl (C=O) groups excluding carboxylic acids is 1. The minimum atomic E-state index is -0.516. The van der Waals surface area contributed by atoms with Gasteiger partial charge in [0.25, 0.3) is 5.69 Å². The van der Waals surface area contributed by atoms with Crippen LogP contribution in [-0.2, 0) is 16.1 Å². The number of nitro benzene ring substituents is 1. The van der Waals surface area contributed by atoms with Gasteiger partial charge in [0.2, 0.25) is 0 Å². The summed E-state index contributed by atoms with van der Waals surface area (Å²) in [6.07, 6.45) is -0.443. The van der Waals surface area contributed by atoms with Gasteiger partial charge in [0.1, 0.15) is 6.61 Å². The first-order valence-electron chi connectivity index (χ1n) is 5.75. The summed E-state index contributed by atoms with van der Waals surface area (Å²) in [5.74, 6) is 0. The number of nitrogens with one attached hydrogen (secondary N) is 1. The number of cyclic esters (lactones) is 1. The van der Waals surface area contributed by atoms with Gasteiger partial charge in [-0.2, -0.15) is 0 Å². The third-order valence-corrected chi connectivity index (χ3v) is 2.76. The van der Waals surface area contributed by atoms with E-state index in [1.54, 1.807) is 12.1 Å². The van der Waals surface area contributed by atoms with E-state index in [1.165, 1.54) is 12.1 Å². The zero-order valence-electron chi connectivity index (χ0n) is 10.4. The zero-order chi connectivity index (χ0) is 13.9. The lowest BCUT2D eigenvalue weighted by Gasteiger charge is -2.20. The maximum atomic E-state index is 10.9. The molecule has 0 aliphatic carbocycles. The van der Waals surface area contributed by atoms with Crippen LogP contribution in [0.1, 0.15) is 12.5 Å². The van der Waals surface area contributed by atoms with E-state index in [0.717, 1.165) is 5.56 Å². The van der Waals surface area contributed by atoms with Crippen LogP contribution in [0.3, 0.4) is 0 Å². The Bertz CT molecular complexity index is 487. The van der Waals surface area contributed by atoms with E-state index >= 15 is 0 Å². The van der Waals surface area contributed by atoms with E-state index in [2.05, 4.69) is 5.32 Å². The molecule has 0 radical (unpaired) electrons. The molecule has 0 aromatic heterocycles. The second kappa shape index (κ2) is 5.23. The molecule has 1 atom stereocenters. The minimum absolute atomic E-state index is 0.0483. The Morgan fingerprint density at radius 2 is 2.16 bits per heavy atom. The fourth-order valence-corrected chi connectivity index (χ4v) is 1.73. The van der Waals surface area contributed by atoms with Crippen LogP contribution >= 0.6 is 0 Å².